The molecule has 0 saturated heterocycles. The predicted octanol–water partition coefficient (Wildman–Crippen LogP) is 2.37. The molecule has 0 saturated carbocycles. The first-order valence-corrected chi connectivity index (χ1v) is 6.41. The molecule has 1 amide bonds. The average molecular weight is 270 g/mol. The van der Waals surface area contributed by atoms with E-state index in [1.54, 1.807) is 18.2 Å². The van der Waals surface area contributed by atoms with Gasteiger partial charge < -0.3 is 16.8 Å². The van der Waals surface area contributed by atoms with Crippen LogP contribution in [-0.2, 0) is 0 Å². The zero-order chi connectivity index (χ0) is 13.8. The van der Waals surface area contributed by atoms with Crippen molar-refractivity contribution in [3.63, 3.8) is 0 Å². The van der Waals surface area contributed by atoms with Gasteiger partial charge in [0.15, 0.2) is 0 Å². The average Bonchev–Trinajstić information content (AvgIpc) is 2.36. The maximum atomic E-state index is 11.0. The number of primary amides is 1. The number of nitrogens with two attached hydrogens (primary N) is 2. The van der Waals surface area contributed by atoms with Crippen LogP contribution >= 0.6 is 11.6 Å². The van der Waals surface area contributed by atoms with Gasteiger partial charge in [0, 0.05) is 17.6 Å². The van der Waals surface area contributed by atoms with Crippen LogP contribution in [0.3, 0.4) is 0 Å². The lowest BCUT2D eigenvalue weighted by atomic mass is 9.94. The maximum absolute atomic E-state index is 11.0. The molecule has 0 aliphatic rings. The minimum absolute atomic E-state index is 0.244. The summed E-state index contributed by atoms with van der Waals surface area (Å²) in [5.74, 6) is -0.487. The molecule has 18 heavy (non-hydrogen) atoms. The van der Waals surface area contributed by atoms with Crippen LogP contribution in [0.2, 0.25) is 5.02 Å². The van der Waals surface area contributed by atoms with E-state index in [1.165, 1.54) is 0 Å². The minimum atomic E-state index is -0.487. The third-order valence-corrected chi connectivity index (χ3v) is 3.61. The van der Waals surface area contributed by atoms with Crippen LogP contribution in [0.15, 0.2) is 18.2 Å². The summed E-state index contributed by atoms with van der Waals surface area (Å²) in [5, 5.41) is 3.69. The van der Waals surface area contributed by atoms with Crippen molar-refractivity contribution in [1.29, 1.82) is 0 Å². The maximum Gasteiger partial charge on any atom is 0.248 e. The molecular weight excluding hydrogens is 250 g/mol. The van der Waals surface area contributed by atoms with E-state index in [0.717, 1.165) is 18.5 Å². The number of halogens is 1. The third-order valence-electron chi connectivity index (χ3n) is 3.29. The lowest BCUT2D eigenvalue weighted by molar-refractivity contribution is 0.100. The number of rotatable bonds is 6. The second-order valence-electron chi connectivity index (χ2n) is 4.48. The Bertz CT molecular complexity index is 430. The first-order valence-electron chi connectivity index (χ1n) is 6.04. The van der Waals surface area contributed by atoms with Gasteiger partial charge in [-0.2, -0.15) is 0 Å². The Morgan fingerprint density at radius 1 is 1.39 bits per heavy atom. The van der Waals surface area contributed by atoms with Gasteiger partial charge in [-0.25, -0.2) is 0 Å². The van der Waals surface area contributed by atoms with Crippen molar-refractivity contribution in [2.75, 3.05) is 11.9 Å². The summed E-state index contributed by atoms with van der Waals surface area (Å²) in [6.07, 6.45) is 1.76. The summed E-state index contributed by atoms with van der Waals surface area (Å²) in [4.78, 5) is 11.0. The monoisotopic (exact) mass is 269 g/mol. The molecule has 0 aromatic heterocycles. The summed E-state index contributed by atoms with van der Waals surface area (Å²) in [6, 6.07) is 4.95. The molecule has 1 aromatic rings. The molecule has 5 heteroatoms. The molecule has 0 spiro atoms. The number of carbonyl (C=O) groups excluding carboxylic acids is 1. The molecule has 0 unspecified atom stereocenters. The summed E-state index contributed by atoms with van der Waals surface area (Å²) in [6.45, 7) is 4.75. The summed E-state index contributed by atoms with van der Waals surface area (Å²) >= 11 is 6.08. The number of benzene rings is 1. The highest BCUT2D eigenvalue weighted by molar-refractivity contribution is 6.33. The standard InChI is InChI=1S/C13H20ClN3O/c1-3-13(16,4-2)8-17-11-6-5-9(12(15)18)7-10(11)14/h5-7,17H,3-4,8,16H2,1-2H3,(H2,15,18). The molecular formula is C13H20ClN3O. The van der Waals surface area contributed by atoms with Crippen LogP contribution in [0.4, 0.5) is 5.69 Å². The van der Waals surface area contributed by atoms with Crippen LogP contribution in [0.5, 0.6) is 0 Å². The van der Waals surface area contributed by atoms with Gasteiger partial charge in [-0.15, -0.1) is 0 Å². The normalized spacial score (nSPS) is 11.3. The second kappa shape index (κ2) is 6.07. The summed E-state index contributed by atoms with van der Waals surface area (Å²) in [7, 11) is 0. The van der Waals surface area contributed by atoms with Crippen LogP contribution < -0.4 is 16.8 Å². The lowest BCUT2D eigenvalue weighted by Crippen LogP contribution is -2.45. The van der Waals surface area contributed by atoms with Crippen LogP contribution in [0.1, 0.15) is 37.0 Å². The zero-order valence-corrected chi connectivity index (χ0v) is 11.6. The highest BCUT2D eigenvalue weighted by Gasteiger charge is 2.20. The fourth-order valence-electron chi connectivity index (χ4n) is 1.58. The van der Waals surface area contributed by atoms with Crippen LogP contribution in [0, 0.1) is 0 Å². The summed E-state index contributed by atoms with van der Waals surface area (Å²) < 4.78 is 0. The van der Waals surface area contributed by atoms with E-state index in [9.17, 15) is 4.79 Å². The smallest absolute Gasteiger partial charge is 0.248 e. The molecule has 0 aliphatic heterocycles. The molecule has 1 rings (SSSR count). The first-order chi connectivity index (χ1) is 8.41. The Morgan fingerprint density at radius 3 is 2.44 bits per heavy atom. The van der Waals surface area contributed by atoms with Crippen molar-refractivity contribution in [2.24, 2.45) is 11.5 Å². The SMILES string of the molecule is CCC(N)(CC)CNc1ccc(C(N)=O)cc1Cl. The van der Waals surface area contributed by atoms with Crippen LogP contribution in [-0.4, -0.2) is 18.0 Å². The van der Waals surface area contributed by atoms with Gasteiger partial charge >= 0.3 is 0 Å². The van der Waals surface area contributed by atoms with Gasteiger partial charge in [-0.1, -0.05) is 25.4 Å². The van der Waals surface area contributed by atoms with Gasteiger partial charge in [0.1, 0.15) is 0 Å². The van der Waals surface area contributed by atoms with E-state index in [-0.39, 0.29) is 5.54 Å². The lowest BCUT2D eigenvalue weighted by Gasteiger charge is -2.27. The number of hydrogen-bond donors (Lipinski definition) is 3. The molecule has 100 valence electrons. The molecule has 0 bridgehead atoms. The van der Waals surface area contributed by atoms with Gasteiger partial charge in [0.05, 0.1) is 10.7 Å². The van der Waals surface area contributed by atoms with Crippen molar-refractivity contribution >= 4 is 23.2 Å². The largest absolute Gasteiger partial charge is 0.382 e. The highest BCUT2D eigenvalue weighted by atomic mass is 35.5. The Balaban J connectivity index is 2.77. The number of amides is 1. The summed E-state index contributed by atoms with van der Waals surface area (Å²) in [5.41, 5.74) is 12.3. The molecule has 4 nitrogen and oxygen atoms in total. The fourth-order valence-corrected chi connectivity index (χ4v) is 1.83. The number of nitrogens with one attached hydrogen (secondary N) is 1. The fraction of sp³-hybridized carbons (Fsp3) is 0.462. The van der Waals surface area contributed by atoms with E-state index in [1.807, 2.05) is 0 Å². The van der Waals surface area contributed by atoms with Crippen molar-refractivity contribution in [3.05, 3.63) is 28.8 Å². The van der Waals surface area contributed by atoms with E-state index in [0.29, 0.717) is 17.1 Å². The van der Waals surface area contributed by atoms with E-state index < -0.39 is 5.91 Å². The van der Waals surface area contributed by atoms with Gasteiger partial charge in [0.2, 0.25) is 5.91 Å². The molecule has 1 aromatic carbocycles. The highest BCUT2D eigenvalue weighted by Crippen LogP contribution is 2.24. The molecule has 0 atom stereocenters. The Morgan fingerprint density at radius 2 is 2.00 bits per heavy atom. The van der Waals surface area contributed by atoms with Crippen molar-refractivity contribution in [3.8, 4) is 0 Å². The molecule has 5 N–H and O–H groups in total. The molecule has 0 heterocycles. The van der Waals surface area contributed by atoms with E-state index >= 15 is 0 Å². The predicted molar refractivity (Wildman–Crippen MR) is 76.0 cm³/mol. The number of anilines is 1. The quantitative estimate of drug-likeness (QED) is 0.742. The van der Waals surface area contributed by atoms with Gasteiger partial charge in [0.25, 0.3) is 0 Å². The van der Waals surface area contributed by atoms with Gasteiger partial charge in [-0.05, 0) is 31.0 Å². The second-order valence-corrected chi connectivity index (χ2v) is 4.89. The Hall–Kier alpha value is -1.26. The third kappa shape index (κ3) is 3.62. The zero-order valence-electron chi connectivity index (χ0n) is 10.8. The van der Waals surface area contributed by atoms with Gasteiger partial charge in [-0.3, -0.25) is 4.79 Å². The minimum Gasteiger partial charge on any atom is -0.382 e. The molecule has 0 radical (unpaired) electrons. The molecule has 0 aliphatic carbocycles. The van der Waals surface area contributed by atoms with Crippen LogP contribution in [0.25, 0.3) is 0 Å². The number of hydrogen-bond acceptors (Lipinski definition) is 3. The van der Waals surface area contributed by atoms with Crippen molar-refractivity contribution in [2.45, 2.75) is 32.2 Å². The van der Waals surface area contributed by atoms with E-state index in [2.05, 4.69) is 19.2 Å². The van der Waals surface area contributed by atoms with Crippen molar-refractivity contribution < 1.29 is 4.79 Å². The molecule has 0 fully saturated rings. The van der Waals surface area contributed by atoms with Crippen molar-refractivity contribution in [1.82, 2.24) is 0 Å². The first kappa shape index (κ1) is 14.8. The Labute approximate surface area is 113 Å². The topological polar surface area (TPSA) is 81.1 Å². The Kier molecular flexibility index (Phi) is 4.99. The number of carbonyl (C=O) groups is 1. The van der Waals surface area contributed by atoms with E-state index in [4.69, 9.17) is 23.1 Å².